The number of rotatable bonds is 5. The van der Waals surface area contributed by atoms with Crippen molar-refractivity contribution in [1.29, 1.82) is 5.26 Å². The van der Waals surface area contributed by atoms with Crippen molar-refractivity contribution in [1.82, 2.24) is 15.0 Å². The fourth-order valence-corrected chi connectivity index (χ4v) is 3.03. The summed E-state index contributed by atoms with van der Waals surface area (Å²) < 4.78 is 11.0. The number of ether oxygens (including phenoxy) is 1. The van der Waals surface area contributed by atoms with Crippen molar-refractivity contribution in [3.8, 4) is 28.7 Å². The zero-order valence-electron chi connectivity index (χ0n) is 14.6. The van der Waals surface area contributed by atoms with E-state index in [4.69, 9.17) is 14.9 Å². The first-order valence-electron chi connectivity index (χ1n) is 8.67. The zero-order valence-corrected chi connectivity index (χ0v) is 14.6. The lowest BCUT2D eigenvalue weighted by atomic mass is 10.0. The normalized spacial score (nSPS) is 16.2. The molecule has 0 aromatic carbocycles. The number of anilines is 2. The van der Waals surface area contributed by atoms with Gasteiger partial charge in [0.25, 0.3) is 0 Å². The predicted molar refractivity (Wildman–Crippen MR) is 99.6 cm³/mol. The van der Waals surface area contributed by atoms with Crippen LogP contribution in [0.15, 0.2) is 41.3 Å². The van der Waals surface area contributed by atoms with E-state index < -0.39 is 0 Å². The van der Waals surface area contributed by atoms with Crippen molar-refractivity contribution in [2.45, 2.75) is 18.9 Å². The van der Waals surface area contributed by atoms with Gasteiger partial charge in [-0.25, -0.2) is 15.0 Å². The van der Waals surface area contributed by atoms with Crippen LogP contribution in [0.2, 0.25) is 0 Å². The van der Waals surface area contributed by atoms with Gasteiger partial charge in [-0.15, -0.1) is 0 Å². The number of aromatic nitrogens is 3. The standard InChI is InChI=1S/C19H18N6O2/c20-8-15-14(7-16(25-18(15)21)17-4-2-6-27-17)12-9-22-19(23-10-12)24-11-13-3-1-5-26-13/h2,4,6-7,9-10,13H,1,3,5,11H2,(H2,21,25)(H,22,23,24). The lowest BCUT2D eigenvalue weighted by Crippen LogP contribution is -2.19. The SMILES string of the molecule is N#Cc1c(-c2cnc(NCC3CCCO3)nc2)cc(-c2ccco2)nc1N. The predicted octanol–water partition coefficient (Wildman–Crippen LogP) is 2.84. The maximum absolute atomic E-state index is 9.48. The summed E-state index contributed by atoms with van der Waals surface area (Å²) in [6.07, 6.45) is 7.21. The summed E-state index contributed by atoms with van der Waals surface area (Å²) in [4.78, 5) is 12.9. The van der Waals surface area contributed by atoms with Crippen LogP contribution in [0.25, 0.3) is 22.6 Å². The molecule has 3 N–H and O–H groups in total. The molecular formula is C19H18N6O2. The second-order valence-corrected chi connectivity index (χ2v) is 6.22. The van der Waals surface area contributed by atoms with Crippen LogP contribution in [0, 0.1) is 11.3 Å². The number of nitrogens with zero attached hydrogens (tertiary/aromatic N) is 4. The maximum atomic E-state index is 9.48. The Kier molecular flexibility index (Phi) is 4.68. The molecule has 8 nitrogen and oxygen atoms in total. The van der Waals surface area contributed by atoms with E-state index >= 15 is 0 Å². The topological polar surface area (TPSA) is 123 Å². The average Bonchev–Trinajstić information content (AvgIpc) is 3.40. The van der Waals surface area contributed by atoms with Gasteiger partial charge in [0.2, 0.25) is 5.95 Å². The molecule has 1 fully saturated rings. The molecule has 4 heterocycles. The third kappa shape index (κ3) is 3.59. The van der Waals surface area contributed by atoms with E-state index in [1.165, 1.54) is 0 Å². The number of hydrogen-bond acceptors (Lipinski definition) is 8. The van der Waals surface area contributed by atoms with Gasteiger partial charge in [0.1, 0.15) is 23.1 Å². The molecule has 136 valence electrons. The molecule has 0 amide bonds. The van der Waals surface area contributed by atoms with E-state index in [1.54, 1.807) is 36.9 Å². The Morgan fingerprint density at radius 2 is 2.19 bits per heavy atom. The Labute approximate surface area is 156 Å². The molecule has 1 unspecified atom stereocenters. The molecule has 3 aromatic heterocycles. The fraction of sp³-hybridized carbons (Fsp3) is 0.263. The summed E-state index contributed by atoms with van der Waals surface area (Å²) in [5, 5.41) is 12.7. The van der Waals surface area contributed by atoms with Gasteiger partial charge >= 0.3 is 0 Å². The molecule has 1 aliphatic heterocycles. The molecule has 4 rings (SSSR count). The van der Waals surface area contributed by atoms with E-state index in [0.29, 0.717) is 35.1 Å². The lowest BCUT2D eigenvalue weighted by Gasteiger charge is -2.11. The third-order valence-corrected chi connectivity index (χ3v) is 4.41. The molecule has 0 radical (unpaired) electrons. The summed E-state index contributed by atoms with van der Waals surface area (Å²) in [6, 6.07) is 7.41. The number of nitrogen functional groups attached to an aromatic ring is 1. The second kappa shape index (κ2) is 7.43. The van der Waals surface area contributed by atoms with E-state index in [2.05, 4.69) is 26.3 Å². The number of furan rings is 1. The van der Waals surface area contributed by atoms with Crippen LogP contribution < -0.4 is 11.1 Å². The van der Waals surface area contributed by atoms with E-state index in [9.17, 15) is 5.26 Å². The van der Waals surface area contributed by atoms with Gasteiger partial charge in [-0.2, -0.15) is 5.26 Å². The van der Waals surface area contributed by atoms with Gasteiger partial charge in [-0.05, 0) is 31.0 Å². The van der Waals surface area contributed by atoms with E-state index in [-0.39, 0.29) is 17.5 Å². The molecule has 1 aliphatic rings. The largest absolute Gasteiger partial charge is 0.463 e. The van der Waals surface area contributed by atoms with Gasteiger partial charge in [0.05, 0.1) is 12.4 Å². The van der Waals surface area contributed by atoms with Gasteiger partial charge < -0.3 is 20.2 Å². The van der Waals surface area contributed by atoms with E-state index in [1.807, 2.05) is 0 Å². The van der Waals surface area contributed by atoms with Crippen molar-refractivity contribution in [2.24, 2.45) is 0 Å². The molecule has 0 bridgehead atoms. The minimum absolute atomic E-state index is 0.141. The zero-order chi connectivity index (χ0) is 18.6. The van der Waals surface area contributed by atoms with Crippen molar-refractivity contribution in [2.75, 3.05) is 24.2 Å². The Morgan fingerprint density at radius 3 is 2.85 bits per heavy atom. The number of nitriles is 1. The fourth-order valence-electron chi connectivity index (χ4n) is 3.03. The molecule has 3 aromatic rings. The highest BCUT2D eigenvalue weighted by atomic mass is 16.5. The Bertz CT molecular complexity index is 957. The quantitative estimate of drug-likeness (QED) is 0.710. The van der Waals surface area contributed by atoms with Crippen LogP contribution in [-0.2, 0) is 4.74 Å². The first-order valence-corrected chi connectivity index (χ1v) is 8.67. The number of pyridine rings is 1. The van der Waals surface area contributed by atoms with Crippen molar-refractivity contribution in [3.63, 3.8) is 0 Å². The number of nitrogens with two attached hydrogens (primary N) is 1. The maximum Gasteiger partial charge on any atom is 0.222 e. The minimum Gasteiger partial charge on any atom is -0.463 e. The smallest absolute Gasteiger partial charge is 0.222 e. The van der Waals surface area contributed by atoms with E-state index in [0.717, 1.165) is 19.4 Å². The molecular weight excluding hydrogens is 344 g/mol. The monoisotopic (exact) mass is 362 g/mol. The Balaban J connectivity index is 1.61. The van der Waals surface area contributed by atoms with Crippen molar-refractivity contribution < 1.29 is 9.15 Å². The average molecular weight is 362 g/mol. The molecule has 8 heteroatoms. The number of hydrogen-bond donors (Lipinski definition) is 2. The highest BCUT2D eigenvalue weighted by molar-refractivity contribution is 5.78. The summed E-state index contributed by atoms with van der Waals surface area (Å²) in [5.41, 5.74) is 8.11. The van der Waals surface area contributed by atoms with Crippen LogP contribution in [0.5, 0.6) is 0 Å². The Morgan fingerprint density at radius 1 is 1.33 bits per heavy atom. The summed E-state index contributed by atoms with van der Waals surface area (Å²) in [6.45, 7) is 1.48. The van der Waals surface area contributed by atoms with Crippen LogP contribution in [0.4, 0.5) is 11.8 Å². The molecule has 27 heavy (non-hydrogen) atoms. The first-order chi connectivity index (χ1) is 13.2. The summed E-state index contributed by atoms with van der Waals surface area (Å²) >= 11 is 0. The highest BCUT2D eigenvalue weighted by Crippen LogP contribution is 2.30. The molecule has 1 atom stereocenters. The van der Waals surface area contributed by atoms with Crippen molar-refractivity contribution >= 4 is 11.8 Å². The van der Waals surface area contributed by atoms with Crippen LogP contribution in [0.1, 0.15) is 18.4 Å². The first kappa shape index (κ1) is 17.0. The van der Waals surface area contributed by atoms with Gasteiger partial charge in [-0.1, -0.05) is 0 Å². The number of nitrogens with one attached hydrogen (secondary N) is 1. The third-order valence-electron chi connectivity index (χ3n) is 4.41. The van der Waals surface area contributed by atoms with Gasteiger partial charge in [-0.3, -0.25) is 0 Å². The lowest BCUT2D eigenvalue weighted by molar-refractivity contribution is 0.120. The minimum atomic E-state index is 0.141. The summed E-state index contributed by atoms with van der Waals surface area (Å²) in [5.74, 6) is 1.23. The summed E-state index contributed by atoms with van der Waals surface area (Å²) in [7, 11) is 0. The van der Waals surface area contributed by atoms with Crippen LogP contribution in [-0.4, -0.2) is 34.2 Å². The van der Waals surface area contributed by atoms with Crippen LogP contribution >= 0.6 is 0 Å². The molecule has 1 saturated heterocycles. The second-order valence-electron chi connectivity index (χ2n) is 6.22. The highest BCUT2D eigenvalue weighted by Gasteiger charge is 2.17. The Hall–Kier alpha value is -3.44. The van der Waals surface area contributed by atoms with Gasteiger partial charge in [0.15, 0.2) is 5.76 Å². The molecule has 0 spiro atoms. The molecule has 0 saturated carbocycles. The van der Waals surface area contributed by atoms with Crippen LogP contribution in [0.3, 0.4) is 0 Å². The van der Waals surface area contributed by atoms with Gasteiger partial charge in [0, 0.05) is 36.7 Å². The van der Waals surface area contributed by atoms with Crippen molar-refractivity contribution in [3.05, 3.63) is 42.4 Å². The molecule has 0 aliphatic carbocycles.